The van der Waals surface area contributed by atoms with Gasteiger partial charge in [0.25, 0.3) is 0 Å². The van der Waals surface area contributed by atoms with Crippen LogP contribution in [-0.4, -0.2) is 30.0 Å². The van der Waals surface area contributed by atoms with Crippen LogP contribution in [0.1, 0.15) is 33.1 Å². The molecule has 0 aliphatic carbocycles. The van der Waals surface area contributed by atoms with Gasteiger partial charge in [0.05, 0.1) is 13.0 Å². The summed E-state index contributed by atoms with van der Waals surface area (Å²) in [5.41, 5.74) is 8.30. The molecule has 24 heavy (non-hydrogen) atoms. The van der Waals surface area contributed by atoms with Gasteiger partial charge in [0, 0.05) is 24.2 Å². The van der Waals surface area contributed by atoms with Crippen LogP contribution in [0.15, 0.2) is 29.4 Å². The second kappa shape index (κ2) is 9.98. The molecule has 3 amide bonds. The zero-order valence-corrected chi connectivity index (χ0v) is 13.8. The number of ether oxygens (including phenoxy) is 1. The third-order valence-electron chi connectivity index (χ3n) is 2.83. The first-order chi connectivity index (χ1) is 11.4. The summed E-state index contributed by atoms with van der Waals surface area (Å²) < 4.78 is 5.31. The topological polar surface area (TPSA) is 123 Å². The summed E-state index contributed by atoms with van der Waals surface area (Å²) >= 11 is 0. The van der Waals surface area contributed by atoms with Gasteiger partial charge in [0.1, 0.15) is 5.75 Å². The molecule has 8 heteroatoms. The van der Waals surface area contributed by atoms with Crippen LogP contribution in [0.25, 0.3) is 0 Å². The van der Waals surface area contributed by atoms with Gasteiger partial charge in [0.15, 0.2) is 0 Å². The van der Waals surface area contributed by atoms with E-state index >= 15 is 0 Å². The minimum Gasteiger partial charge on any atom is -0.494 e. The minimum atomic E-state index is -0.528. The van der Waals surface area contributed by atoms with Crippen LogP contribution in [0.5, 0.6) is 5.75 Å². The van der Waals surface area contributed by atoms with E-state index < -0.39 is 11.8 Å². The molecule has 0 atom stereocenters. The van der Waals surface area contributed by atoms with E-state index in [1.807, 2.05) is 6.92 Å². The molecule has 0 aliphatic heterocycles. The Morgan fingerprint density at radius 2 is 1.75 bits per heavy atom. The lowest BCUT2D eigenvalue weighted by atomic mass is 10.2. The largest absolute Gasteiger partial charge is 0.494 e. The van der Waals surface area contributed by atoms with E-state index in [9.17, 15) is 14.4 Å². The van der Waals surface area contributed by atoms with Crippen molar-refractivity contribution in [2.24, 2.45) is 10.8 Å². The molecule has 0 aromatic heterocycles. The Bertz CT molecular complexity index is 611. The molecule has 8 nitrogen and oxygen atoms in total. The van der Waals surface area contributed by atoms with E-state index in [2.05, 4.69) is 15.8 Å². The average Bonchev–Trinajstić information content (AvgIpc) is 2.52. The summed E-state index contributed by atoms with van der Waals surface area (Å²) in [6.45, 7) is 4.03. The van der Waals surface area contributed by atoms with Gasteiger partial charge in [-0.3, -0.25) is 14.4 Å². The van der Waals surface area contributed by atoms with Gasteiger partial charge in [-0.05, 0) is 38.1 Å². The van der Waals surface area contributed by atoms with E-state index in [1.54, 1.807) is 31.2 Å². The smallest absolute Gasteiger partial charge is 0.240 e. The van der Waals surface area contributed by atoms with Crippen LogP contribution >= 0.6 is 0 Å². The molecule has 0 unspecified atom stereocenters. The van der Waals surface area contributed by atoms with Crippen molar-refractivity contribution in [2.45, 2.75) is 33.1 Å². The molecule has 0 fully saturated rings. The molecular weight excluding hydrogens is 312 g/mol. The van der Waals surface area contributed by atoms with Crippen molar-refractivity contribution in [3.8, 4) is 5.75 Å². The Morgan fingerprint density at radius 3 is 2.33 bits per heavy atom. The lowest BCUT2D eigenvalue weighted by Gasteiger charge is -2.07. The maximum atomic E-state index is 11.8. The second-order valence-electron chi connectivity index (χ2n) is 5.03. The molecule has 0 saturated heterocycles. The van der Waals surface area contributed by atoms with Crippen molar-refractivity contribution in [1.29, 1.82) is 0 Å². The third-order valence-corrected chi connectivity index (χ3v) is 2.83. The fourth-order valence-electron chi connectivity index (χ4n) is 1.76. The van der Waals surface area contributed by atoms with Crippen molar-refractivity contribution in [3.63, 3.8) is 0 Å². The zero-order valence-electron chi connectivity index (χ0n) is 13.8. The molecule has 0 radical (unpaired) electrons. The Labute approximate surface area is 140 Å². The van der Waals surface area contributed by atoms with Crippen LogP contribution in [-0.2, 0) is 14.4 Å². The van der Waals surface area contributed by atoms with Crippen LogP contribution in [0, 0.1) is 0 Å². The van der Waals surface area contributed by atoms with Gasteiger partial charge in [0.2, 0.25) is 17.7 Å². The van der Waals surface area contributed by atoms with E-state index in [0.717, 1.165) is 5.75 Å². The number of hydrogen-bond donors (Lipinski definition) is 3. The first kappa shape index (κ1) is 19.1. The maximum absolute atomic E-state index is 11.8. The van der Waals surface area contributed by atoms with Gasteiger partial charge in [-0.25, -0.2) is 5.43 Å². The lowest BCUT2D eigenvalue weighted by molar-refractivity contribution is -0.124. The Kier molecular flexibility index (Phi) is 7.97. The van der Waals surface area contributed by atoms with Crippen LogP contribution < -0.4 is 21.2 Å². The maximum Gasteiger partial charge on any atom is 0.240 e. The number of hydrazone groups is 1. The number of carbonyl (C=O) groups excluding carboxylic acids is 3. The summed E-state index contributed by atoms with van der Waals surface area (Å²) in [6, 6.07) is 6.95. The fourth-order valence-corrected chi connectivity index (χ4v) is 1.76. The number of anilines is 1. The highest BCUT2D eigenvalue weighted by Crippen LogP contribution is 2.15. The van der Waals surface area contributed by atoms with E-state index in [1.165, 1.54) is 0 Å². The molecule has 0 saturated carbocycles. The summed E-state index contributed by atoms with van der Waals surface area (Å²) in [5.74, 6) is -0.507. The quantitative estimate of drug-likeness (QED) is 0.463. The van der Waals surface area contributed by atoms with Gasteiger partial charge < -0.3 is 15.8 Å². The van der Waals surface area contributed by atoms with E-state index in [-0.39, 0.29) is 25.2 Å². The molecule has 1 aromatic carbocycles. The van der Waals surface area contributed by atoms with Crippen LogP contribution in [0.3, 0.4) is 0 Å². The van der Waals surface area contributed by atoms with Crippen LogP contribution in [0.2, 0.25) is 0 Å². The number of benzene rings is 1. The Morgan fingerprint density at radius 1 is 1.12 bits per heavy atom. The molecule has 4 N–H and O–H groups in total. The monoisotopic (exact) mass is 334 g/mol. The first-order valence-corrected chi connectivity index (χ1v) is 7.53. The van der Waals surface area contributed by atoms with E-state index in [0.29, 0.717) is 18.0 Å². The SMILES string of the molecule is CCOc1ccc(NC(=O)CCC(=O)N/N=C(\C)CC(N)=O)cc1. The molecule has 1 aromatic rings. The fraction of sp³-hybridized carbons (Fsp3) is 0.375. The molecule has 0 spiro atoms. The van der Waals surface area contributed by atoms with Gasteiger partial charge >= 0.3 is 0 Å². The number of hydrogen-bond acceptors (Lipinski definition) is 5. The summed E-state index contributed by atoms with van der Waals surface area (Å²) in [4.78, 5) is 34.0. The first-order valence-electron chi connectivity index (χ1n) is 7.53. The van der Waals surface area contributed by atoms with Crippen molar-refractivity contribution in [2.75, 3.05) is 11.9 Å². The van der Waals surface area contributed by atoms with Crippen molar-refractivity contribution < 1.29 is 19.1 Å². The highest BCUT2D eigenvalue weighted by molar-refractivity contribution is 5.99. The molecule has 0 aliphatic rings. The zero-order chi connectivity index (χ0) is 17.9. The predicted octanol–water partition coefficient (Wildman–Crippen LogP) is 1.17. The standard InChI is InChI=1S/C16H22N4O4/c1-3-24-13-6-4-12(5-7-13)18-15(22)8-9-16(23)20-19-11(2)10-14(17)21/h4-7H,3,8-10H2,1-2H3,(H2,17,21)(H,18,22)(H,20,23)/b19-11+. The second-order valence-corrected chi connectivity index (χ2v) is 5.03. The number of nitrogens with two attached hydrogens (primary N) is 1. The number of nitrogens with zero attached hydrogens (tertiary/aromatic N) is 1. The van der Waals surface area contributed by atoms with Crippen molar-refractivity contribution in [1.82, 2.24) is 5.43 Å². The molecule has 0 bridgehead atoms. The molecular formula is C16H22N4O4. The lowest BCUT2D eigenvalue weighted by Crippen LogP contribution is -2.23. The highest BCUT2D eigenvalue weighted by Gasteiger charge is 2.07. The molecule has 0 heterocycles. The number of rotatable bonds is 9. The number of primary amides is 1. The van der Waals surface area contributed by atoms with Crippen molar-refractivity contribution >= 4 is 29.1 Å². The highest BCUT2D eigenvalue weighted by atomic mass is 16.5. The number of nitrogens with one attached hydrogen (secondary N) is 2. The van der Waals surface area contributed by atoms with Crippen LogP contribution in [0.4, 0.5) is 5.69 Å². The summed E-state index contributed by atoms with van der Waals surface area (Å²) in [6.07, 6.45) is -0.0296. The van der Waals surface area contributed by atoms with Gasteiger partial charge in [-0.1, -0.05) is 0 Å². The molecule has 1 rings (SSSR count). The minimum absolute atomic E-state index is 0.0173. The normalized spacial score (nSPS) is 10.8. The van der Waals surface area contributed by atoms with E-state index in [4.69, 9.17) is 10.5 Å². The van der Waals surface area contributed by atoms with Gasteiger partial charge in [-0.2, -0.15) is 5.10 Å². The Balaban J connectivity index is 2.35. The van der Waals surface area contributed by atoms with Gasteiger partial charge in [-0.15, -0.1) is 0 Å². The third kappa shape index (κ3) is 7.92. The Hall–Kier alpha value is -2.90. The summed E-state index contributed by atoms with van der Waals surface area (Å²) in [7, 11) is 0. The summed E-state index contributed by atoms with van der Waals surface area (Å²) in [5, 5.41) is 6.41. The van der Waals surface area contributed by atoms with Crippen molar-refractivity contribution in [3.05, 3.63) is 24.3 Å². The number of amides is 3. The number of carbonyl (C=O) groups is 3. The molecule has 130 valence electrons. The predicted molar refractivity (Wildman–Crippen MR) is 90.5 cm³/mol. The average molecular weight is 334 g/mol.